The summed E-state index contributed by atoms with van der Waals surface area (Å²) in [5.41, 5.74) is 3.20. The first-order valence-corrected chi connectivity index (χ1v) is 9.03. The molecule has 3 atom stereocenters. The number of carbonyl (C=O) groups is 1. The summed E-state index contributed by atoms with van der Waals surface area (Å²) < 4.78 is 12.1. The number of methoxy groups -OCH3 is 1. The van der Waals surface area contributed by atoms with Crippen molar-refractivity contribution in [3.05, 3.63) is 34.9 Å². The predicted octanol–water partition coefficient (Wildman–Crippen LogP) is 4.57. The zero-order valence-electron chi connectivity index (χ0n) is 15.8. The topological polar surface area (TPSA) is 55.8 Å². The second-order valence-corrected chi connectivity index (χ2v) is 7.99. The van der Waals surface area contributed by atoms with Crippen molar-refractivity contribution in [2.45, 2.75) is 58.5 Å². The molecule has 0 aromatic heterocycles. The van der Waals surface area contributed by atoms with E-state index in [0.29, 0.717) is 18.3 Å². The first-order valence-electron chi connectivity index (χ1n) is 9.03. The zero-order valence-corrected chi connectivity index (χ0v) is 15.8. The Morgan fingerprint density at radius 1 is 1.40 bits per heavy atom. The van der Waals surface area contributed by atoms with E-state index in [-0.39, 0.29) is 17.9 Å². The number of ether oxygens (including phenoxy) is 2. The normalized spacial score (nSPS) is 26.8. The van der Waals surface area contributed by atoms with Gasteiger partial charge in [-0.1, -0.05) is 18.6 Å². The van der Waals surface area contributed by atoms with E-state index in [9.17, 15) is 4.79 Å². The average Bonchev–Trinajstić information content (AvgIpc) is 2.53. The fraction of sp³-hybridized carbons (Fsp3) is 0.571. The molecular formula is C21H28O4. The Labute approximate surface area is 149 Å². The van der Waals surface area contributed by atoms with Crippen molar-refractivity contribution in [3.8, 4) is 11.5 Å². The van der Waals surface area contributed by atoms with E-state index in [1.807, 2.05) is 12.1 Å². The molecule has 1 aliphatic heterocycles. The Kier molecular flexibility index (Phi) is 4.56. The standard InChI is InChI=1S/C21H28O4/c1-12-8-15-16(9-13(12)2)21(3,4)25-18-11-14(6-7-19(22)23)10-17(24-5)20(15)18/h8,10-11,13,15-16H,6-7,9H2,1-5H3,(H,22,23)/t13?,15-,16-/m1/s1. The number of aryl methyl sites for hydroxylation is 1. The van der Waals surface area contributed by atoms with Gasteiger partial charge < -0.3 is 14.6 Å². The Morgan fingerprint density at radius 3 is 2.76 bits per heavy atom. The number of carboxylic acid groups (broad SMARTS) is 1. The Balaban J connectivity index is 2.09. The molecule has 25 heavy (non-hydrogen) atoms. The first-order chi connectivity index (χ1) is 11.7. The number of hydrogen-bond donors (Lipinski definition) is 1. The van der Waals surface area contributed by atoms with Gasteiger partial charge in [0.2, 0.25) is 0 Å². The molecule has 136 valence electrons. The smallest absolute Gasteiger partial charge is 0.303 e. The summed E-state index contributed by atoms with van der Waals surface area (Å²) in [5, 5.41) is 8.96. The molecule has 1 aliphatic carbocycles. The Bertz CT molecular complexity index is 717. The van der Waals surface area contributed by atoms with Crippen LogP contribution in [0.4, 0.5) is 0 Å². The van der Waals surface area contributed by atoms with E-state index in [1.54, 1.807) is 7.11 Å². The number of aliphatic carboxylic acids is 1. The molecule has 0 saturated heterocycles. The fourth-order valence-corrected chi connectivity index (χ4v) is 4.27. The average molecular weight is 344 g/mol. The highest BCUT2D eigenvalue weighted by molar-refractivity contribution is 5.67. The van der Waals surface area contributed by atoms with Crippen molar-refractivity contribution in [1.82, 2.24) is 0 Å². The van der Waals surface area contributed by atoms with Crippen LogP contribution in [0, 0.1) is 11.8 Å². The molecule has 0 fully saturated rings. The maximum Gasteiger partial charge on any atom is 0.303 e. The molecule has 1 aromatic carbocycles. The van der Waals surface area contributed by atoms with E-state index < -0.39 is 5.97 Å². The minimum Gasteiger partial charge on any atom is -0.496 e. The van der Waals surface area contributed by atoms with Crippen molar-refractivity contribution in [3.63, 3.8) is 0 Å². The highest BCUT2D eigenvalue weighted by atomic mass is 16.5. The van der Waals surface area contributed by atoms with Crippen molar-refractivity contribution >= 4 is 5.97 Å². The second-order valence-electron chi connectivity index (χ2n) is 7.99. The van der Waals surface area contributed by atoms with Crippen LogP contribution in [0.25, 0.3) is 0 Å². The summed E-state index contributed by atoms with van der Waals surface area (Å²) in [6.45, 7) is 8.80. The maximum absolute atomic E-state index is 10.9. The van der Waals surface area contributed by atoms with E-state index in [0.717, 1.165) is 29.0 Å². The number of benzene rings is 1. The molecule has 0 saturated carbocycles. The second kappa shape index (κ2) is 6.40. The van der Waals surface area contributed by atoms with E-state index in [1.165, 1.54) is 5.57 Å². The van der Waals surface area contributed by atoms with E-state index in [4.69, 9.17) is 14.6 Å². The van der Waals surface area contributed by atoms with Crippen LogP contribution in [0.5, 0.6) is 11.5 Å². The molecule has 0 amide bonds. The van der Waals surface area contributed by atoms with Gasteiger partial charge in [0.25, 0.3) is 0 Å². The van der Waals surface area contributed by atoms with Gasteiger partial charge in [-0.2, -0.15) is 0 Å². The monoisotopic (exact) mass is 344 g/mol. The molecule has 1 unspecified atom stereocenters. The SMILES string of the molecule is COc1cc(CCC(=O)O)cc2c1[C@@H]1C=C(C)C(C)C[C@H]1C(C)(C)O2. The van der Waals surface area contributed by atoms with Crippen LogP contribution in [0.3, 0.4) is 0 Å². The summed E-state index contributed by atoms with van der Waals surface area (Å²) in [7, 11) is 1.67. The maximum atomic E-state index is 10.9. The summed E-state index contributed by atoms with van der Waals surface area (Å²) in [4.78, 5) is 10.9. The minimum atomic E-state index is -0.794. The van der Waals surface area contributed by atoms with Gasteiger partial charge in [-0.05, 0) is 57.2 Å². The summed E-state index contributed by atoms with van der Waals surface area (Å²) in [6.07, 6.45) is 4.06. The largest absolute Gasteiger partial charge is 0.496 e. The number of hydrogen-bond acceptors (Lipinski definition) is 3. The number of fused-ring (bicyclic) bond motifs is 3. The van der Waals surface area contributed by atoms with Crippen LogP contribution >= 0.6 is 0 Å². The lowest BCUT2D eigenvalue weighted by atomic mass is 9.65. The summed E-state index contributed by atoms with van der Waals surface area (Å²) >= 11 is 0. The van der Waals surface area contributed by atoms with Gasteiger partial charge in [-0.3, -0.25) is 4.79 Å². The predicted molar refractivity (Wildman–Crippen MR) is 97.4 cm³/mol. The quantitative estimate of drug-likeness (QED) is 0.813. The van der Waals surface area contributed by atoms with Gasteiger partial charge in [-0.25, -0.2) is 0 Å². The molecule has 4 nitrogen and oxygen atoms in total. The van der Waals surface area contributed by atoms with Crippen molar-refractivity contribution in [1.29, 1.82) is 0 Å². The highest BCUT2D eigenvalue weighted by Gasteiger charge is 2.46. The Hall–Kier alpha value is -1.97. The molecule has 3 rings (SSSR count). The van der Waals surface area contributed by atoms with Crippen LogP contribution in [-0.2, 0) is 11.2 Å². The van der Waals surface area contributed by atoms with Crippen LogP contribution in [0.1, 0.15) is 57.6 Å². The third-order valence-corrected chi connectivity index (χ3v) is 5.87. The van der Waals surface area contributed by atoms with Gasteiger partial charge >= 0.3 is 5.97 Å². The molecule has 0 radical (unpaired) electrons. The molecular weight excluding hydrogens is 316 g/mol. The van der Waals surface area contributed by atoms with Crippen molar-refractivity contribution in [2.75, 3.05) is 7.11 Å². The lowest BCUT2D eigenvalue weighted by Gasteiger charge is -2.48. The van der Waals surface area contributed by atoms with Crippen molar-refractivity contribution < 1.29 is 19.4 Å². The number of allylic oxidation sites excluding steroid dienone is 2. The molecule has 1 aromatic rings. The molecule has 4 heteroatoms. The minimum absolute atomic E-state index is 0.105. The summed E-state index contributed by atoms with van der Waals surface area (Å²) in [6, 6.07) is 3.97. The number of carboxylic acids is 1. The summed E-state index contributed by atoms with van der Waals surface area (Å²) in [5.74, 6) is 2.09. The third kappa shape index (κ3) is 3.26. The number of rotatable bonds is 4. The van der Waals surface area contributed by atoms with Gasteiger partial charge in [0.15, 0.2) is 0 Å². The fourth-order valence-electron chi connectivity index (χ4n) is 4.27. The van der Waals surface area contributed by atoms with Gasteiger partial charge in [0.1, 0.15) is 17.1 Å². The molecule has 0 bridgehead atoms. The lowest BCUT2D eigenvalue weighted by molar-refractivity contribution is -0.136. The van der Waals surface area contributed by atoms with Gasteiger partial charge in [0, 0.05) is 23.8 Å². The molecule has 2 aliphatic rings. The molecule has 1 heterocycles. The first kappa shape index (κ1) is 17.8. The van der Waals surface area contributed by atoms with E-state index >= 15 is 0 Å². The van der Waals surface area contributed by atoms with Crippen LogP contribution in [0.15, 0.2) is 23.8 Å². The highest BCUT2D eigenvalue weighted by Crippen LogP contribution is 2.54. The van der Waals surface area contributed by atoms with Crippen LogP contribution in [0.2, 0.25) is 0 Å². The Morgan fingerprint density at radius 2 is 2.12 bits per heavy atom. The molecule has 1 N–H and O–H groups in total. The third-order valence-electron chi connectivity index (χ3n) is 5.87. The van der Waals surface area contributed by atoms with Crippen molar-refractivity contribution in [2.24, 2.45) is 11.8 Å². The van der Waals surface area contributed by atoms with Gasteiger partial charge in [0.05, 0.1) is 7.11 Å². The van der Waals surface area contributed by atoms with Crippen LogP contribution in [-0.4, -0.2) is 23.8 Å². The molecule has 0 spiro atoms. The van der Waals surface area contributed by atoms with Crippen LogP contribution < -0.4 is 9.47 Å². The zero-order chi connectivity index (χ0) is 18.4. The lowest BCUT2D eigenvalue weighted by Crippen LogP contribution is -2.46. The van der Waals surface area contributed by atoms with E-state index in [2.05, 4.69) is 33.8 Å². The van der Waals surface area contributed by atoms with Gasteiger partial charge in [-0.15, -0.1) is 0 Å².